The average Bonchev–Trinajstić information content (AvgIpc) is 2.66. The smallest absolute Gasteiger partial charge is 0.315 e. The fourth-order valence-corrected chi connectivity index (χ4v) is 1.75. The first-order valence-corrected chi connectivity index (χ1v) is 5.01. The van der Waals surface area contributed by atoms with Crippen LogP contribution in [0.25, 0.3) is 0 Å². The summed E-state index contributed by atoms with van der Waals surface area (Å²) >= 11 is 1.34. The number of aromatic nitrogens is 1. The van der Waals surface area contributed by atoms with E-state index < -0.39 is 18.4 Å². The van der Waals surface area contributed by atoms with Crippen LogP contribution in [0.2, 0.25) is 0 Å². The Morgan fingerprint density at radius 1 is 1.71 bits per heavy atom. The second-order valence-electron chi connectivity index (χ2n) is 2.64. The van der Waals surface area contributed by atoms with E-state index in [-0.39, 0.29) is 0 Å². The van der Waals surface area contributed by atoms with E-state index in [1.54, 1.807) is 18.5 Å². The molecular formula is C8H10F2N2OS. The Labute approximate surface area is 84.2 Å². The molecule has 0 aromatic carbocycles. The van der Waals surface area contributed by atoms with Gasteiger partial charge in [0.25, 0.3) is 5.91 Å². The second-order valence-corrected chi connectivity index (χ2v) is 3.57. The van der Waals surface area contributed by atoms with Gasteiger partial charge in [-0.3, -0.25) is 4.79 Å². The van der Waals surface area contributed by atoms with Gasteiger partial charge in [0.05, 0.1) is 6.04 Å². The van der Waals surface area contributed by atoms with Crippen molar-refractivity contribution in [1.29, 1.82) is 0 Å². The van der Waals surface area contributed by atoms with Crippen LogP contribution in [0.5, 0.6) is 0 Å². The highest BCUT2D eigenvalue weighted by molar-refractivity contribution is 7.09. The molecule has 6 heteroatoms. The van der Waals surface area contributed by atoms with Crippen LogP contribution < -0.4 is 5.32 Å². The molecule has 1 atom stereocenters. The zero-order chi connectivity index (χ0) is 10.6. The van der Waals surface area contributed by atoms with Gasteiger partial charge in [0.15, 0.2) is 0 Å². The molecule has 0 aliphatic rings. The molecule has 0 saturated heterocycles. The molecule has 1 unspecified atom stereocenters. The lowest BCUT2D eigenvalue weighted by atomic mass is 10.2. The van der Waals surface area contributed by atoms with Crippen LogP contribution in [0, 0.1) is 0 Å². The predicted octanol–water partition coefficient (Wildman–Crippen LogP) is 1.98. The molecule has 1 heterocycles. The van der Waals surface area contributed by atoms with Crippen molar-refractivity contribution in [2.24, 2.45) is 0 Å². The number of thiazole rings is 1. The fourth-order valence-electron chi connectivity index (χ4n) is 0.980. The van der Waals surface area contributed by atoms with E-state index >= 15 is 0 Å². The molecule has 0 fully saturated rings. The lowest BCUT2D eigenvalue weighted by molar-refractivity contribution is -0.132. The van der Waals surface area contributed by atoms with Crippen molar-refractivity contribution in [3.8, 4) is 0 Å². The number of hydrogen-bond acceptors (Lipinski definition) is 3. The van der Waals surface area contributed by atoms with Crippen LogP contribution in [0.3, 0.4) is 0 Å². The summed E-state index contributed by atoms with van der Waals surface area (Å²) in [5.74, 6) is -1.24. The Morgan fingerprint density at radius 3 is 2.86 bits per heavy atom. The molecular weight excluding hydrogens is 210 g/mol. The van der Waals surface area contributed by atoms with Crippen LogP contribution in [-0.4, -0.2) is 17.3 Å². The molecule has 1 aromatic rings. The minimum absolute atomic E-state index is 0.406. The summed E-state index contributed by atoms with van der Waals surface area (Å²) in [5, 5.41) is 4.62. The molecule has 0 saturated carbocycles. The molecule has 78 valence electrons. The SMILES string of the molecule is CCC(NC(=O)C(F)F)c1nccs1. The van der Waals surface area contributed by atoms with Crippen LogP contribution in [0.15, 0.2) is 11.6 Å². The standard InChI is InChI=1S/C8H10F2N2OS/c1-2-5(8-11-3-4-14-8)12-7(13)6(9)10/h3-6H,2H2,1H3,(H,12,13). The van der Waals surface area contributed by atoms with Gasteiger partial charge in [0, 0.05) is 11.6 Å². The molecule has 1 amide bonds. The summed E-state index contributed by atoms with van der Waals surface area (Å²) in [5.41, 5.74) is 0. The van der Waals surface area contributed by atoms with Crippen molar-refractivity contribution in [2.45, 2.75) is 25.8 Å². The molecule has 1 rings (SSSR count). The van der Waals surface area contributed by atoms with Gasteiger partial charge in [-0.15, -0.1) is 11.3 Å². The molecule has 0 aliphatic carbocycles. The number of nitrogens with zero attached hydrogens (tertiary/aromatic N) is 1. The zero-order valence-electron chi connectivity index (χ0n) is 7.54. The number of amides is 1. The molecule has 0 bridgehead atoms. The Morgan fingerprint density at radius 2 is 2.43 bits per heavy atom. The maximum Gasteiger partial charge on any atom is 0.315 e. The van der Waals surface area contributed by atoms with E-state index in [1.165, 1.54) is 11.3 Å². The highest BCUT2D eigenvalue weighted by Crippen LogP contribution is 2.18. The van der Waals surface area contributed by atoms with Crippen molar-refractivity contribution < 1.29 is 13.6 Å². The topological polar surface area (TPSA) is 42.0 Å². The molecule has 0 radical (unpaired) electrons. The maximum absolute atomic E-state index is 11.9. The van der Waals surface area contributed by atoms with E-state index in [2.05, 4.69) is 10.3 Å². The first kappa shape index (κ1) is 11.0. The number of carbonyl (C=O) groups excluding carboxylic acids is 1. The van der Waals surface area contributed by atoms with Crippen molar-refractivity contribution in [3.05, 3.63) is 16.6 Å². The van der Waals surface area contributed by atoms with Crippen molar-refractivity contribution in [2.75, 3.05) is 0 Å². The van der Waals surface area contributed by atoms with Gasteiger partial charge in [-0.2, -0.15) is 8.78 Å². The molecule has 1 aromatic heterocycles. The Kier molecular flexibility index (Phi) is 3.94. The molecule has 0 spiro atoms. The molecule has 14 heavy (non-hydrogen) atoms. The highest BCUT2D eigenvalue weighted by Gasteiger charge is 2.20. The first-order chi connectivity index (χ1) is 6.65. The average molecular weight is 220 g/mol. The minimum Gasteiger partial charge on any atom is -0.342 e. The van der Waals surface area contributed by atoms with E-state index in [0.717, 1.165) is 0 Å². The van der Waals surface area contributed by atoms with Gasteiger partial charge in [0.2, 0.25) is 0 Å². The third-order valence-corrected chi connectivity index (χ3v) is 2.56. The highest BCUT2D eigenvalue weighted by atomic mass is 32.1. The van der Waals surface area contributed by atoms with Crippen molar-refractivity contribution in [1.82, 2.24) is 10.3 Å². The van der Waals surface area contributed by atoms with Gasteiger partial charge < -0.3 is 5.32 Å². The Hall–Kier alpha value is -1.04. The Bertz CT molecular complexity index is 290. The summed E-state index contributed by atoms with van der Waals surface area (Å²) in [6.45, 7) is 1.80. The van der Waals surface area contributed by atoms with Gasteiger partial charge >= 0.3 is 6.43 Å². The zero-order valence-corrected chi connectivity index (χ0v) is 8.35. The third kappa shape index (κ3) is 2.73. The summed E-state index contributed by atoms with van der Waals surface area (Å²) in [4.78, 5) is 14.7. The maximum atomic E-state index is 11.9. The van der Waals surface area contributed by atoms with Gasteiger partial charge in [-0.1, -0.05) is 6.92 Å². The normalized spacial score (nSPS) is 12.9. The molecule has 3 nitrogen and oxygen atoms in total. The number of carbonyl (C=O) groups is 1. The van der Waals surface area contributed by atoms with Crippen LogP contribution in [0.4, 0.5) is 8.78 Å². The number of alkyl halides is 2. The molecule has 0 aliphatic heterocycles. The number of halogens is 2. The molecule has 1 N–H and O–H groups in total. The van der Waals surface area contributed by atoms with Crippen LogP contribution in [-0.2, 0) is 4.79 Å². The van der Waals surface area contributed by atoms with Crippen LogP contribution >= 0.6 is 11.3 Å². The third-order valence-electron chi connectivity index (χ3n) is 1.67. The largest absolute Gasteiger partial charge is 0.342 e. The Balaban J connectivity index is 2.61. The predicted molar refractivity (Wildman–Crippen MR) is 49.3 cm³/mol. The van der Waals surface area contributed by atoms with E-state index in [0.29, 0.717) is 11.4 Å². The summed E-state index contributed by atoms with van der Waals surface area (Å²) in [6.07, 6.45) is -0.840. The quantitative estimate of drug-likeness (QED) is 0.843. The van der Waals surface area contributed by atoms with Crippen molar-refractivity contribution >= 4 is 17.2 Å². The first-order valence-electron chi connectivity index (χ1n) is 4.13. The number of nitrogens with one attached hydrogen (secondary N) is 1. The number of rotatable bonds is 4. The number of hydrogen-bond donors (Lipinski definition) is 1. The van der Waals surface area contributed by atoms with Crippen molar-refractivity contribution in [3.63, 3.8) is 0 Å². The van der Waals surface area contributed by atoms with E-state index in [9.17, 15) is 13.6 Å². The summed E-state index contributed by atoms with van der Waals surface area (Å²) in [6, 6.07) is -0.406. The van der Waals surface area contributed by atoms with Gasteiger partial charge in [-0.25, -0.2) is 4.98 Å². The van der Waals surface area contributed by atoms with E-state index in [4.69, 9.17) is 0 Å². The summed E-state index contributed by atoms with van der Waals surface area (Å²) < 4.78 is 23.9. The van der Waals surface area contributed by atoms with Gasteiger partial charge in [0.1, 0.15) is 5.01 Å². The fraction of sp³-hybridized carbons (Fsp3) is 0.500. The van der Waals surface area contributed by atoms with E-state index in [1.807, 2.05) is 0 Å². The summed E-state index contributed by atoms with van der Waals surface area (Å²) in [7, 11) is 0. The monoisotopic (exact) mass is 220 g/mol. The lowest BCUT2D eigenvalue weighted by Crippen LogP contribution is -2.32. The van der Waals surface area contributed by atoms with Gasteiger partial charge in [-0.05, 0) is 6.42 Å². The lowest BCUT2D eigenvalue weighted by Gasteiger charge is -2.13. The second kappa shape index (κ2) is 4.99. The van der Waals surface area contributed by atoms with Crippen LogP contribution in [0.1, 0.15) is 24.4 Å². The minimum atomic E-state index is -2.97.